The van der Waals surface area contributed by atoms with E-state index in [4.69, 9.17) is 57.4 Å². The highest BCUT2D eigenvalue weighted by Crippen LogP contribution is 2.37. The zero-order valence-electron chi connectivity index (χ0n) is 74.4. The minimum Gasteiger partial charge on any atom is -0.444 e. The number of ether oxygens (including phenoxy) is 5. The van der Waals surface area contributed by atoms with Crippen LogP contribution in [0.2, 0.25) is 0 Å². The fraction of sp³-hybridized carbons (Fsp3) is 0.689. The molecule has 4 aromatic rings. The lowest BCUT2D eigenvalue weighted by molar-refractivity contribution is -0.156. The first-order valence-electron chi connectivity index (χ1n) is 41.4. The summed E-state index contributed by atoms with van der Waals surface area (Å²) in [6.07, 6.45) is 1.27. The van der Waals surface area contributed by atoms with Crippen molar-refractivity contribution >= 4 is 105 Å². The highest BCUT2D eigenvalue weighted by molar-refractivity contribution is 7.09. The number of methoxy groups -OCH3 is 4. The molecule has 0 bridgehead atoms. The third-order valence-corrected chi connectivity index (χ3v) is 25.2. The van der Waals surface area contributed by atoms with Crippen molar-refractivity contribution in [3.63, 3.8) is 0 Å². The fourth-order valence-electron chi connectivity index (χ4n) is 15.6. The largest absolute Gasteiger partial charge is 0.446 e. The first-order valence-corrected chi connectivity index (χ1v) is 44.2. The molecule has 2 aliphatic heterocycles. The summed E-state index contributed by atoms with van der Waals surface area (Å²) in [4.78, 5) is 149. The van der Waals surface area contributed by atoms with E-state index < -0.39 is 95.4 Å². The Morgan fingerprint density at radius 2 is 0.943 bits per heavy atom. The van der Waals surface area contributed by atoms with E-state index in [-0.39, 0.29) is 141 Å². The number of amides is 5. The molecule has 2 aliphatic rings. The Morgan fingerprint density at radius 1 is 0.590 bits per heavy atom. The van der Waals surface area contributed by atoms with Crippen LogP contribution in [0.15, 0.2) is 83.8 Å². The van der Waals surface area contributed by atoms with Gasteiger partial charge >= 0.3 is 12.3 Å². The van der Waals surface area contributed by atoms with Crippen molar-refractivity contribution in [3.8, 4) is 0 Å². The number of likely N-dealkylation sites (tertiary alicyclic amines) is 2. The minimum atomic E-state index is -4.64. The predicted octanol–water partition coefficient (Wildman–Crippen LogP) is 14.8. The zero-order valence-corrected chi connectivity index (χ0v) is 77.6. The van der Waals surface area contributed by atoms with E-state index in [1.165, 1.54) is 0 Å². The van der Waals surface area contributed by atoms with Gasteiger partial charge in [0, 0.05) is 141 Å². The number of hydrogen-bond acceptors (Lipinski definition) is 22. The normalized spacial score (nSPS) is 17.6. The van der Waals surface area contributed by atoms with Crippen molar-refractivity contribution in [2.24, 2.45) is 41.2 Å². The number of thiazole rings is 2. The Kier molecular flexibility index (Phi) is 51.7. The Labute approximate surface area is 743 Å². The van der Waals surface area contributed by atoms with Crippen LogP contribution in [0, 0.1) is 35.5 Å². The maximum Gasteiger partial charge on any atom is 0.446 e. The molecule has 2 aromatic heterocycles. The average molecular weight is 1800 g/mol. The second-order valence-corrected chi connectivity index (χ2v) is 36.0. The van der Waals surface area contributed by atoms with Gasteiger partial charge in [0.1, 0.15) is 17.2 Å². The van der Waals surface area contributed by atoms with Gasteiger partial charge in [-0.15, -0.1) is 45.9 Å². The van der Waals surface area contributed by atoms with Gasteiger partial charge in [-0.3, -0.25) is 43.2 Å². The Balaban J connectivity index is 0.00000110. The minimum absolute atomic E-state index is 0. The van der Waals surface area contributed by atoms with Gasteiger partial charge in [0.25, 0.3) is 0 Å². The molecule has 5 N–H and O–H groups in total. The number of alkyl halides is 5. The zero-order chi connectivity index (χ0) is 90.6. The molecule has 692 valence electrons. The maximum absolute atomic E-state index is 14.4. The average Bonchev–Trinajstić information content (AvgIpc) is 1.78. The first kappa shape index (κ1) is 113. The first-order chi connectivity index (χ1) is 56.5. The molecule has 2 saturated heterocycles. The van der Waals surface area contributed by atoms with Crippen LogP contribution in [-0.2, 0) is 79.7 Å². The molecule has 0 unspecified atom stereocenters. The van der Waals surface area contributed by atoms with Crippen molar-refractivity contribution in [1.29, 1.82) is 0 Å². The molecule has 0 spiro atoms. The Bertz CT molecular complexity index is 3740. The van der Waals surface area contributed by atoms with Gasteiger partial charge in [0.05, 0.1) is 99.7 Å². The summed E-state index contributed by atoms with van der Waals surface area (Å²) in [5.74, 6) is -3.72. The molecular formula is C90H145Cl2F3N10O15S2. The van der Waals surface area contributed by atoms with Gasteiger partial charge in [0.2, 0.25) is 29.9 Å². The molecule has 2 aromatic carbocycles. The molecule has 0 aliphatic carbocycles. The van der Waals surface area contributed by atoms with Crippen molar-refractivity contribution in [3.05, 3.63) is 105 Å². The molecule has 122 heavy (non-hydrogen) atoms. The Morgan fingerprint density at radius 3 is 1.24 bits per heavy atom. The third kappa shape index (κ3) is 35.6. The molecule has 32 heteroatoms. The number of carbonyl (C=O) groups excluding carboxylic acids is 10. The highest BCUT2D eigenvalue weighted by Gasteiger charge is 2.47. The summed E-state index contributed by atoms with van der Waals surface area (Å²) in [6, 6.07) is 18.7. The number of ketones is 4. The van der Waals surface area contributed by atoms with Crippen LogP contribution in [-0.4, -0.2) is 248 Å². The molecule has 0 saturated carbocycles. The van der Waals surface area contributed by atoms with Gasteiger partial charge in [0.15, 0.2) is 11.6 Å². The fourth-order valence-corrected chi connectivity index (χ4v) is 17.0. The van der Waals surface area contributed by atoms with E-state index in [0.29, 0.717) is 51.6 Å². The SMILES string of the molecule is C.C.CC[C@H](C)[C@@H]([C@@H](CC(=O)N1CCC[C@H]1[C@H](OC)[C@@H](C)C(=O)C[C@@H](Cc1ccccc1)c1nccs1)OC)N(C)C(=O)[C@H](CN)CC(=O)C(C)(C)NC.CC[C@H](C)[C@@H]([C@@H](CC(=O)N1CCC[C@H]1[C@H](OC)[C@@H](C)C(=O)C[C@@H](Cc1ccccc1)c1nccs1)OC)N(C)C(=O)[C@H](CNC(=O)OC(C)(C)C)CC(=O)C(C)(C)NC.ClCCl.O=CC(F)(F)F. The second-order valence-electron chi connectivity index (χ2n) is 33.3. The van der Waals surface area contributed by atoms with E-state index in [9.17, 15) is 56.3 Å². The number of carbonyl (C=O) groups is 10. The quantitative estimate of drug-likeness (QED) is 0.0236. The van der Waals surface area contributed by atoms with Crippen LogP contribution in [0.25, 0.3) is 0 Å². The molecule has 5 amide bonds. The van der Waals surface area contributed by atoms with Gasteiger partial charge in [-0.25, -0.2) is 14.8 Å². The number of aromatic nitrogens is 2. The van der Waals surface area contributed by atoms with Crippen molar-refractivity contribution in [1.82, 2.24) is 45.5 Å². The molecule has 6 rings (SSSR count). The monoisotopic (exact) mass is 1800 g/mol. The smallest absolute Gasteiger partial charge is 0.444 e. The lowest BCUT2D eigenvalue weighted by Gasteiger charge is -2.40. The summed E-state index contributed by atoms with van der Waals surface area (Å²) in [7, 11) is 13.1. The molecule has 16 atom stereocenters. The topological polar surface area (TPSA) is 318 Å². The molecule has 25 nitrogen and oxygen atoms in total. The van der Waals surface area contributed by atoms with Crippen LogP contribution >= 0.6 is 45.9 Å². The number of nitrogens with one attached hydrogen (secondary N) is 3. The lowest BCUT2D eigenvalue weighted by atomic mass is 9.85. The van der Waals surface area contributed by atoms with E-state index in [1.807, 2.05) is 98.5 Å². The van der Waals surface area contributed by atoms with E-state index in [1.54, 1.807) is 150 Å². The van der Waals surface area contributed by atoms with Crippen LogP contribution in [0.3, 0.4) is 0 Å². The standard InChI is InChI=1S/C45H71N5O8S.C40H63N5O6S.C2HF3O.CH2Cl2.2CH4/c1-13-29(2)39(49(10)42(54)33(26-37(52)45(7,8)46-9)28-48-43(55)58-44(4,5)6)36(56-11)27-38(53)50-22-17-20-34(50)40(57-12)30(3)35(51)25-32(41-47-21-23-59-41)24-31-18-15-14-16-19-31;1-10-26(2)36(44(7)39(49)30(25-41)23-34(47)40(4,5)42-6)33(50-8)24-35(48)45-19-14-17-31(45)37(51-9)27(3)32(46)22-29(38-43-18-20-52-38)21-28-15-12-11-13-16-28;3-2(4,5)1-6;2-1-3;;/h14-16,18-19,21,23,29-30,32-34,36,39-40,46H,13,17,20,22,24-28H2,1-12H3,(H,48,55);11-13,15-16,18,20,26-27,29-31,33,36-37,42H,10,14,17,19,21-25,41H2,1-9H3;1H;1H2;2*1H4/t29-,30-,32+,33-,34-,36+,39-,40+;26-,27-,29+,30-,31-,33+,36-,37+;;;;/m00..../s1. The number of nitrogens with two attached hydrogens (primary N) is 1. The van der Waals surface area contributed by atoms with E-state index >= 15 is 0 Å². The number of aldehydes is 1. The molecular weight excluding hydrogens is 1650 g/mol. The number of benzene rings is 2. The van der Waals surface area contributed by atoms with Crippen LogP contribution in [0.5, 0.6) is 0 Å². The van der Waals surface area contributed by atoms with Crippen molar-refractivity contribution < 1.29 is 84.8 Å². The summed E-state index contributed by atoms with van der Waals surface area (Å²) in [5.41, 5.74) is 5.92. The number of hydrogen-bond donors (Lipinski definition) is 4. The number of Topliss-reactive ketones (excluding diaryl/α,β-unsaturated/α-hetero) is 4. The molecule has 4 heterocycles. The number of likely N-dealkylation sites (N-methyl/N-ethyl adjacent to an activating group) is 4. The number of alkyl carbamates (subject to hydrolysis) is 1. The Hall–Kier alpha value is -6.71. The van der Waals surface area contributed by atoms with E-state index in [0.717, 1.165) is 46.8 Å². The lowest BCUT2D eigenvalue weighted by Crippen LogP contribution is -2.55. The summed E-state index contributed by atoms with van der Waals surface area (Å²) in [6.45, 7) is 25.2. The maximum atomic E-state index is 14.4. The summed E-state index contributed by atoms with van der Waals surface area (Å²) in [5, 5.41) is 14.6. The van der Waals surface area contributed by atoms with Crippen molar-refractivity contribution in [2.45, 2.75) is 278 Å². The third-order valence-electron chi connectivity index (χ3n) is 23.4. The van der Waals surface area contributed by atoms with Gasteiger partial charge in [-0.1, -0.05) is 130 Å². The number of nitrogens with zero attached hydrogens (tertiary/aromatic N) is 6. The highest BCUT2D eigenvalue weighted by atomic mass is 35.5. The summed E-state index contributed by atoms with van der Waals surface area (Å²) < 4.78 is 60.8. The number of halogens is 5. The van der Waals surface area contributed by atoms with Crippen molar-refractivity contribution in [2.75, 3.05) is 88.1 Å². The second kappa shape index (κ2) is 55.7. The van der Waals surface area contributed by atoms with Gasteiger partial charge < -0.3 is 65.0 Å². The molecule has 0 radical (unpaired) electrons. The van der Waals surface area contributed by atoms with Gasteiger partial charge in [-0.05, 0) is 124 Å². The number of rotatable bonds is 45. The summed E-state index contributed by atoms with van der Waals surface area (Å²) >= 11 is 12.6. The van der Waals surface area contributed by atoms with Crippen LogP contribution < -0.4 is 21.7 Å². The van der Waals surface area contributed by atoms with E-state index in [2.05, 4.69) is 50.2 Å². The molecule has 2 fully saturated rings. The van der Waals surface area contributed by atoms with Crippen LogP contribution in [0.1, 0.15) is 215 Å². The van der Waals surface area contributed by atoms with Crippen LogP contribution in [0.4, 0.5) is 18.0 Å². The predicted molar refractivity (Wildman–Crippen MR) is 479 cm³/mol. The van der Waals surface area contributed by atoms with Gasteiger partial charge in [-0.2, -0.15) is 13.2 Å².